The lowest BCUT2D eigenvalue weighted by Gasteiger charge is -2.62. The largest absolute Gasteiger partial charge is 0.379 e. The van der Waals surface area contributed by atoms with E-state index < -0.39 is 0 Å². The molecule has 2 aliphatic rings. The molecule has 116 valence electrons. The molecule has 1 N–H and O–H groups in total. The topological polar surface area (TPSA) is 36.9 Å². The molecule has 0 aromatic rings. The van der Waals surface area contributed by atoms with Crippen molar-refractivity contribution in [2.75, 3.05) is 32.8 Å². The Kier molecular flexibility index (Phi) is 4.62. The van der Waals surface area contributed by atoms with E-state index in [1.54, 1.807) is 0 Å². The van der Waals surface area contributed by atoms with Gasteiger partial charge in [0.25, 0.3) is 0 Å². The van der Waals surface area contributed by atoms with Crippen LogP contribution in [0, 0.1) is 11.3 Å². The number of ether oxygens (including phenoxy) is 1. The lowest BCUT2D eigenvalue weighted by molar-refractivity contribution is -0.0668. The quantitative estimate of drug-likeness (QED) is 0.462. The van der Waals surface area contributed by atoms with Gasteiger partial charge in [-0.25, -0.2) is 0 Å². The number of rotatable bonds is 6. The van der Waals surface area contributed by atoms with Gasteiger partial charge in [-0.3, -0.25) is 4.99 Å². The van der Waals surface area contributed by atoms with Crippen LogP contribution in [0.15, 0.2) is 4.99 Å². The molecule has 0 aromatic carbocycles. The first-order valence-corrected chi connectivity index (χ1v) is 8.02. The fraction of sp³-hybridized carbons (Fsp3) is 0.938. The number of hydrogen-bond donors (Lipinski definition) is 1. The third-order valence-electron chi connectivity index (χ3n) is 5.02. The molecular formula is C16H31N3O. The van der Waals surface area contributed by atoms with Crippen molar-refractivity contribution in [1.82, 2.24) is 10.2 Å². The molecule has 0 spiro atoms. The van der Waals surface area contributed by atoms with Crippen LogP contribution in [0.4, 0.5) is 0 Å². The van der Waals surface area contributed by atoms with Crippen molar-refractivity contribution in [3.8, 4) is 0 Å². The molecule has 0 bridgehead atoms. The molecule has 1 heterocycles. The highest BCUT2D eigenvalue weighted by atomic mass is 16.5. The Morgan fingerprint density at radius 3 is 2.50 bits per heavy atom. The van der Waals surface area contributed by atoms with E-state index in [2.05, 4.69) is 44.8 Å². The molecule has 0 amide bonds. The number of nitrogens with zero attached hydrogens (tertiary/aromatic N) is 2. The van der Waals surface area contributed by atoms with Crippen LogP contribution in [0.1, 0.15) is 47.5 Å². The molecule has 0 atom stereocenters. The molecule has 0 unspecified atom stereocenters. The molecule has 4 heteroatoms. The number of hydrogen-bond acceptors (Lipinski definition) is 2. The van der Waals surface area contributed by atoms with Crippen molar-refractivity contribution < 1.29 is 4.74 Å². The average molecular weight is 281 g/mol. The van der Waals surface area contributed by atoms with E-state index in [-0.39, 0.29) is 5.54 Å². The first kappa shape index (κ1) is 15.6. The minimum absolute atomic E-state index is 0.156. The van der Waals surface area contributed by atoms with Crippen LogP contribution in [0.5, 0.6) is 0 Å². The molecule has 1 saturated heterocycles. The molecule has 2 fully saturated rings. The Labute approximate surface area is 124 Å². The van der Waals surface area contributed by atoms with Gasteiger partial charge in [-0.15, -0.1) is 0 Å². The Morgan fingerprint density at radius 2 is 2.00 bits per heavy atom. The van der Waals surface area contributed by atoms with Gasteiger partial charge in [0.05, 0.1) is 13.2 Å². The van der Waals surface area contributed by atoms with E-state index in [1.165, 1.54) is 12.8 Å². The summed E-state index contributed by atoms with van der Waals surface area (Å²) in [5.41, 5.74) is 0.495. The summed E-state index contributed by atoms with van der Waals surface area (Å²) in [7, 11) is 0. The zero-order chi connectivity index (χ0) is 14.8. The van der Waals surface area contributed by atoms with Gasteiger partial charge in [-0.2, -0.15) is 0 Å². The smallest absolute Gasteiger partial charge is 0.194 e. The highest BCUT2D eigenvalue weighted by Gasteiger charge is 2.53. The Hall–Kier alpha value is -0.770. The molecule has 1 saturated carbocycles. The monoisotopic (exact) mass is 281 g/mol. The normalized spacial score (nSPS) is 24.4. The number of likely N-dealkylation sites (tertiary alicyclic amines) is 1. The minimum Gasteiger partial charge on any atom is -0.379 e. The number of guanidine groups is 1. The highest BCUT2D eigenvalue weighted by molar-refractivity contribution is 5.82. The fourth-order valence-electron chi connectivity index (χ4n) is 2.55. The van der Waals surface area contributed by atoms with Crippen LogP contribution in [0.25, 0.3) is 0 Å². The Balaban J connectivity index is 1.82. The van der Waals surface area contributed by atoms with Crippen molar-refractivity contribution in [2.45, 2.75) is 53.0 Å². The van der Waals surface area contributed by atoms with E-state index in [0.717, 1.165) is 44.7 Å². The van der Waals surface area contributed by atoms with E-state index in [4.69, 9.17) is 9.73 Å². The fourth-order valence-corrected chi connectivity index (χ4v) is 2.55. The molecular weight excluding hydrogens is 250 g/mol. The lowest BCUT2D eigenvalue weighted by Crippen LogP contribution is -2.72. The van der Waals surface area contributed by atoms with E-state index in [1.807, 2.05) is 0 Å². The molecule has 2 rings (SSSR count). The van der Waals surface area contributed by atoms with E-state index in [9.17, 15) is 0 Å². The molecule has 0 radical (unpaired) electrons. The predicted octanol–water partition coefficient (Wildman–Crippen LogP) is 2.50. The van der Waals surface area contributed by atoms with Gasteiger partial charge in [0.15, 0.2) is 5.96 Å². The first-order chi connectivity index (χ1) is 9.38. The maximum atomic E-state index is 5.66. The van der Waals surface area contributed by atoms with Crippen LogP contribution in [0.2, 0.25) is 0 Å². The summed E-state index contributed by atoms with van der Waals surface area (Å²) >= 11 is 0. The van der Waals surface area contributed by atoms with Gasteiger partial charge in [-0.05, 0) is 39.5 Å². The maximum Gasteiger partial charge on any atom is 0.194 e. The first-order valence-electron chi connectivity index (χ1n) is 8.02. The van der Waals surface area contributed by atoms with Crippen molar-refractivity contribution in [3.63, 3.8) is 0 Å². The lowest BCUT2D eigenvalue weighted by atomic mass is 9.65. The summed E-state index contributed by atoms with van der Waals surface area (Å²) in [6, 6.07) is 0. The second-order valence-corrected chi connectivity index (χ2v) is 7.28. The number of nitrogens with one attached hydrogen (secondary N) is 1. The Bertz CT molecular complexity index is 359. The van der Waals surface area contributed by atoms with Crippen molar-refractivity contribution >= 4 is 5.96 Å². The van der Waals surface area contributed by atoms with Gasteiger partial charge in [-0.1, -0.05) is 13.8 Å². The van der Waals surface area contributed by atoms with Crippen molar-refractivity contribution in [3.05, 3.63) is 0 Å². The molecule has 4 nitrogen and oxygen atoms in total. The third-order valence-corrected chi connectivity index (χ3v) is 5.02. The second kappa shape index (κ2) is 5.92. The number of aliphatic imine (C=N–C) groups is 1. The zero-order valence-corrected chi connectivity index (χ0v) is 13.8. The Morgan fingerprint density at radius 1 is 1.30 bits per heavy atom. The SMILES string of the molecule is CCNC(=NCCOCC1CC1)N1CC(C)(C)C1(C)C. The summed E-state index contributed by atoms with van der Waals surface area (Å²) in [5, 5.41) is 3.41. The van der Waals surface area contributed by atoms with Crippen LogP contribution in [0.3, 0.4) is 0 Å². The average Bonchev–Trinajstić information content (AvgIpc) is 3.18. The van der Waals surface area contributed by atoms with Gasteiger partial charge < -0.3 is 15.0 Å². The summed E-state index contributed by atoms with van der Waals surface area (Å²) in [6.07, 6.45) is 2.70. The van der Waals surface area contributed by atoms with Crippen molar-refractivity contribution in [2.24, 2.45) is 16.3 Å². The van der Waals surface area contributed by atoms with Gasteiger partial charge >= 0.3 is 0 Å². The van der Waals surface area contributed by atoms with Crippen LogP contribution < -0.4 is 5.32 Å². The van der Waals surface area contributed by atoms with Crippen molar-refractivity contribution in [1.29, 1.82) is 0 Å². The summed E-state index contributed by atoms with van der Waals surface area (Å²) in [4.78, 5) is 7.11. The van der Waals surface area contributed by atoms with Gasteiger partial charge in [0, 0.05) is 30.7 Å². The molecule has 1 aliphatic heterocycles. The molecule has 0 aromatic heterocycles. The minimum atomic E-state index is 0.156. The van der Waals surface area contributed by atoms with E-state index in [0.29, 0.717) is 5.41 Å². The standard InChI is InChI=1S/C16H31N3O/c1-6-17-14(18-9-10-20-11-13-7-8-13)19-12-15(2,3)16(19,4)5/h13H,6-12H2,1-5H3,(H,17,18). The zero-order valence-electron chi connectivity index (χ0n) is 13.8. The van der Waals surface area contributed by atoms with Gasteiger partial charge in [0.1, 0.15) is 0 Å². The summed E-state index contributed by atoms with van der Waals surface area (Å²) in [5.74, 6) is 1.87. The summed E-state index contributed by atoms with van der Waals surface area (Å²) in [6.45, 7) is 15.8. The molecule has 20 heavy (non-hydrogen) atoms. The predicted molar refractivity (Wildman–Crippen MR) is 84.1 cm³/mol. The van der Waals surface area contributed by atoms with Crippen LogP contribution >= 0.6 is 0 Å². The summed E-state index contributed by atoms with van der Waals surface area (Å²) < 4.78 is 5.66. The van der Waals surface area contributed by atoms with Crippen LogP contribution in [-0.4, -0.2) is 49.2 Å². The second-order valence-electron chi connectivity index (χ2n) is 7.28. The van der Waals surface area contributed by atoms with Gasteiger partial charge in [0.2, 0.25) is 0 Å². The molecule has 1 aliphatic carbocycles. The highest BCUT2D eigenvalue weighted by Crippen LogP contribution is 2.46. The van der Waals surface area contributed by atoms with E-state index >= 15 is 0 Å². The maximum absolute atomic E-state index is 5.66. The third kappa shape index (κ3) is 3.27. The van der Waals surface area contributed by atoms with Crippen LogP contribution in [-0.2, 0) is 4.74 Å².